The minimum absolute atomic E-state index is 0.284. The zero-order valence-corrected chi connectivity index (χ0v) is 12.0. The van der Waals surface area contributed by atoms with Gasteiger partial charge in [-0.15, -0.1) is 0 Å². The molecule has 2 nitrogen and oxygen atoms in total. The van der Waals surface area contributed by atoms with Crippen LogP contribution in [0.2, 0.25) is 10.0 Å². The monoisotopic (exact) mass is 287 g/mol. The highest BCUT2D eigenvalue weighted by Gasteiger charge is 2.44. The highest BCUT2D eigenvalue weighted by atomic mass is 35.5. The minimum atomic E-state index is -0.686. The first-order valence-corrected chi connectivity index (χ1v) is 7.08. The molecule has 1 aliphatic carbocycles. The van der Waals surface area contributed by atoms with Gasteiger partial charge >= 0.3 is 0 Å². The molecule has 2 rings (SSSR count). The molecule has 1 saturated carbocycles. The molecule has 100 valence electrons. The molecular formula is C14H19Cl2NO. The van der Waals surface area contributed by atoms with Crippen LogP contribution in [0.4, 0.5) is 0 Å². The lowest BCUT2D eigenvalue weighted by atomic mass is 9.76. The van der Waals surface area contributed by atoms with E-state index in [0.717, 1.165) is 19.3 Å². The van der Waals surface area contributed by atoms with E-state index in [0.29, 0.717) is 28.1 Å². The summed E-state index contributed by atoms with van der Waals surface area (Å²) in [7, 11) is 0. The van der Waals surface area contributed by atoms with Crippen LogP contribution in [-0.4, -0.2) is 11.7 Å². The predicted molar refractivity (Wildman–Crippen MR) is 75.9 cm³/mol. The zero-order valence-electron chi connectivity index (χ0n) is 10.5. The first kappa shape index (κ1) is 14.1. The molecule has 4 heteroatoms. The second kappa shape index (κ2) is 5.38. The van der Waals surface area contributed by atoms with Crippen LogP contribution in [0, 0.1) is 11.3 Å². The van der Waals surface area contributed by atoms with E-state index in [1.165, 1.54) is 0 Å². The fraction of sp³-hybridized carbons (Fsp3) is 0.571. The predicted octanol–water partition coefficient (Wildman–Crippen LogP) is 3.79. The van der Waals surface area contributed by atoms with Gasteiger partial charge in [0.05, 0.1) is 6.10 Å². The van der Waals surface area contributed by atoms with Gasteiger partial charge in [-0.05, 0) is 30.9 Å². The summed E-state index contributed by atoms with van der Waals surface area (Å²) in [6.07, 6.45) is 2.25. The van der Waals surface area contributed by atoms with E-state index in [1.54, 1.807) is 18.2 Å². The average Bonchev–Trinajstić information content (AvgIpc) is 2.72. The largest absolute Gasteiger partial charge is 0.388 e. The molecule has 1 aliphatic rings. The first-order valence-electron chi connectivity index (χ1n) is 6.32. The SMILES string of the molecule is CC1CCC(CN)(C(O)c2c(Cl)cccc2Cl)C1. The molecule has 0 spiro atoms. The molecule has 0 radical (unpaired) electrons. The van der Waals surface area contributed by atoms with Crippen molar-refractivity contribution < 1.29 is 5.11 Å². The van der Waals surface area contributed by atoms with Crippen LogP contribution in [0.3, 0.4) is 0 Å². The number of rotatable bonds is 3. The van der Waals surface area contributed by atoms with Crippen LogP contribution >= 0.6 is 23.2 Å². The molecule has 1 aromatic carbocycles. The number of hydrogen-bond acceptors (Lipinski definition) is 2. The van der Waals surface area contributed by atoms with Gasteiger partial charge in [0.25, 0.3) is 0 Å². The van der Waals surface area contributed by atoms with Crippen molar-refractivity contribution in [2.75, 3.05) is 6.54 Å². The lowest BCUT2D eigenvalue weighted by Crippen LogP contribution is -2.34. The summed E-state index contributed by atoms with van der Waals surface area (Å²) in [5.74, 6) is 0.587. The maximum atomic E-state index is 10.7. The normalized spacial score (nSPS) is 29.5. The summed E-state index contributed by atoms with van der Waals surface area (Å²) in [6.45, 7) is 2.65. The number of benzene rings is 1. The van der Waals surface area contributed by atoms with Crippen molar-refractivity contribution >= 4 is 23.2 Å². The van der Waals surface area contributed by atoms with Crippen molar-refractivity contribution in [1.82, 2.24) is 0 Å². The van der Waals surface area contributed by atoms with E-state index in [-0.39, 0.29) is 5.41 Å². The molecule has 0 heterocycles. The molecule has 3 N–H and O–H groups in total. The molecule has 0 amide bonds. The Morgan fingerprint density at radius 1 is 1.44 bits per heavy atom. The van der Waals surface area contributed by atoms with Gasteiger partial charge in [0.2, 0.25) is 0 Å². The second-order valence-electron chi connectivity index (χ2n) is 5.45. The Bertz CT molecular complexity index is 418. The van der Waals surface area contributed by atoms with E-state index >= 15 is 0 Å². The Balaban J connectivity index is 2.38. The van der Waals surface area contributed by atoms with E-state index < -0.39 is 6.10 Å². The van der Waals surface area contributed by atoms with Crippen molar-refractivity contribution in [2.24, 2.45) is 17.1 Å². The topological polar surface area (TPSA) is 46.2 Å². The molecular weight excluding hydrogens is 269 g/mol. The first-order chi connectivity index (χ1) is 8.50. The van der Waals surface area contributed by atoms with Gasteiger partial charge in [0.15, 0.2) is 0 Å². The maximum absolute atomic E-state index is 10.7. The van der Waals surface area contributed by atoms with Gasteiger partial charge in [-0.25, -0.2) is 0 Å². The van der Waals surface area contributed by atoms with Crippen LogP contribution in [0.1, 0.15) is 37.9 Å². The lowest BCUT2D eigenvalue weighted by molar-refractivity contribution is 0.0309. The third-order valence-corrected chi connectivity index (χ3v) is 4.81. The van der Waals surface area contributed by atoms with E-state index in [4.69, 9.17) is 28.9 Å². The number of nitrogens with two attached hydrogens (primary N) is 1. The Kier molecular flexibility index (Phi) is 4.22. The number of aliphatic hydroxyl groups excluding tert-OH is 1. The third kappa shape index (κ3) is 2.39. The van der Waals surface area contributed by atoms with Crippen molar-refractivity contribution in [3.8, 4) is 0 Å². The fourth-order valence-corrected chi connectivity index (χ4v) is 3.66. The van der Waals surface area contributed by atoms with Gasteiger partial charge in [-0.3, -0.25) is 0 Å². The quantitative estimate of drug-likeness (QED) is 0.888. The number of hydrogen-bond donors (Lipinski definition) is 2. The van der Waals surface area contributed by atoms with E-state index in [9.17, 15) is 5.11 Å². The Labute approximate surface area is 118 Å². The maximum Gasteiger partial charge on any atom is 0.0887 e. The molecule has 0 bridgehead atoms. The molecule has 18 heavy (non-hydrogen) atoms. The highest BCUT2D eigenvalue weighted by Crippen LogP contribution is 2.51. The van der Waals surface area contributed by atoms with Crippen LogP contribution in [0.15, 0.2) is 18.2 Å². The Hall–Kier alpha value is -0.280. The molecule has 1 aromatic rings. The smallest absolute Gasteiger partial charge is 0.0887 e. The zero-order chi connectivity index (χ0) is 13.3. The summed E-state index contributed by atoms with van der Waals surface area (Å²) in [6, 6.07) is 5.30. The van der Waals surface area contributed by atoms with E-state index in [2.05, 4.69) is 6.92 Å². The minimum Gasteiger partial charge on any atom is -0.388 e. The molecule has 1 fully saturated rings. The number of aliphatic hydroxyl groups is 1. The van der Waals surface area contributed by atoms with Crippen molar-refractivity contribution in [3.63, 3.8) is 0 Å². The molecule has 0 aromatic heterocycles. The summed E-state index contributed by atoms with van der Waals surface area (Å²) in [5, 5.41) is 11.7. The standard InChI is InChI=1S/C14H19Cl2NO/c1-9-5-6-14(7-9,8-17)13(18)12-10(15)3-2-4-11(12)16/h2-4,9,13,18H,5-8,17H2,1H3. The molecule has 3 unspecified atom stereocenters. The van der Waals surface area contributed by atoms with Gasteiger partial charge in [-0.2, -0.15) is 0 Å². The molecule has 0 saturated heterocycles. The van der Waals surface area contributed by atoms with Crippen molar-refractivity contribution in [2.45, 2.75) is 32.3 Å². The Morgan fingerprint density at radius 2 is 2.06 bits per heavy atom. The summed E-state index contributed by atoms with van der Waals surface area (Å²) in [5.41, 5.74) is 6.26. The van der Waals surface area contributed by atoms with Gasteiger partial charge in [0, 0.05) is 27.6 Å². The van der Waals surface area contributed by atoms with Crippen LogP contribution in [-0.2, 0) is 0 Å². The summed E-state index contributed by atoms with van der Waals surface area (Å²) >= 11 is 12.3. The summed E-state index contributed by atoms with van der Waals surface area (Å²) < 4.78 is 0. The summed E-state index contributed by atoms with van der Waals surface area (Å²) in [4.78, 5) is 0. The van der Waals surface area contributed by atoms with Crippen molar-refractivity contribution in [3.05, 3.63) is 33.8 Å². The van der Waals surface area contributed by atoms with Gasteiger partial charge < -0.3 is 10.8 Å². The van der Waals surface area contributed by atoms with E-state index in [1.807, 2.05) is 0 Å². The lowest BCUT2D eigenvalue weighted by Gasteiger charge is -2.34. The van der Waals surface area contributed by atoms with Gasteiger partial charge in [-0.1, -0.05) is 42.6 Å². The number of halogens is 2. The second-order valence-corrected chi connectivity index (χ2v) is 6.27. The van der Waals surface area contributed by atoms with Gasteiger partial charge in [0.1, 0.15) is 0 Å². The van der Waals surface area contributed by atoms with Crippen LogP contribution in [0.25, 0.3) is 0 Å². The third-order valence-electron chi connectivity index (χ3n) is 4.15. The molecule has 0 aliphatic heterocycles. The average molecular weight is 288 g/mol. The van der Waals surface area contributed by atoms with Crippen LogP contribution < -0.4 is 5.73 Å². The van der Waals surface area contributed by atoms with Crippen molar-refractivity contribution in [1.29, 1.82) is 0 Å². The Morgan fingerprint density at radius 3 is 2.50 bits per heavy atom. The molecule has 3 atom stereocenters. The fourth-order valence-electron chi connectivity index (χ4n) is 3.06. The van der Waals surface area contributed by atoms with Crippen LogP contribution in [0.5, 0.6) is 0 Å². The highest BCUT2D eigenvalue weighted by molar-refractivity contribution is 6.36.